The molecule has 0 heterocycles. The van der Waals surface area contributed by atoms with Crippen LogP contribution in [0.3, 0.4) is 0 Å². The van der Waals surface area contributed by atoms with Gasteiger partial charge in [-0.1, -0.05) is 42.5 Å². The van der Waals surface area contributed by atoms with Gasteiger partial charge in [-0.15, -0.1) is 0 Å². The van der Waals surface area contributed by atoms with E-state index in [1.54, 1.807) is 48.5 Å². The van der Waals surface area contributed by atoms with Crippen molar-refractivity contribution in [1.82, 2.24) is 5.43 Å². The Morgan fingerprint density at radius 1 is 0.750 bits per heavy atom. The number of carbonyl (C=O) groups is 2. The molecule has 0 fully saturated rings. The Bertz CT molecular complexity index is 1450. The molecule has 0 spiro atoms. The first-order valence-corrected chi connectivity index (χ1v) is 11.0. The van der Waals surface area contributed by atoms with Crippen molar-refractivity contribution in [2.45, 2.75) is 0 Å². The Labute approximate surface area is 208 Å². The first-order valence-electron chi connectivity index (χ1n) is 11.0. The second kappa shape index (κ2) is 11.1. The van der Waals surface area contributed by atoms with Gasteiger partial charge in [0, 0.05) is 5.56 Å². The van der Waals surface area contributed by atoms with Gasteiger partial charge in [0.05, 0.1) is 38.7 Å². The van der Waals surface area contributed by atoms with Crippen LogP contribution in [0.2, 0.25) is 0 Å². The van der Waals surface area contributed by atoms with Gasteiger partial charge in [-0.2, -0.15) is 5.10 Å². The summed E-state index contributed by atoms with van der Waals surface area (Å²) in [5.41, 5.74) is 3.66. The van der Waals surface area contributed by atoms with E-state index in [0.717, 1.165) is 10.8 Å². The van der Waals surface area contributed by atoms with E-state index in [9.17, 15) is 9.59 Å². The number of rotatable bonds is 8. The zero-order valence-corrected chi connectivity index (χ0v) is 20.0. The van der Waals surface area contributed by atoms with Crippen molar-refractivity contribution in [2.75, 3.05) is 21.3 Å². The molecule has 4 aromatic rings. The number of methoxy groups -OCH3 is 3. The monoisotopic (exact) mass is 484 g/mol. The van der Waals surface area contributed by atoms with Crippen molar-refractivity contribution in [2.24, 2.45) is 5.10 Å². The van der Waals surface area contributed by atoms with Crippen molar-refractivity contribution in [1.29, 1.82) is 0 Å². The third-order valence-electron chi connectivity index (χ3n) is 5.46. The van der Waals surface area contributed by atoms with E-state index >= 15 is 0 Å². The lowest BCUT2D eigenvalue weighted by Crippen LogP contribution is -2.18. The molecule has 182 valence electrons. The molecule has 0 saturated heterocycles. The molecule has 1 amide bonds. The molecule has 0 unspecified atom stereocenters. The van der Waals surface area contributed by atoms with Crippen LogP contribution in [-0.2, 0) is 0 Å². The topological polar surface area (TPSA) is 95.5 Å². The number of esters is 1. The summed E-state index contributed by atoms with van der Waals surface area (Å²) in [6.45, 7) is 0. The second-order valence-electron chi connectivity index (χ2n) is 7.56. The van der Waals surface area contributed by atoms with Crippen LogP contribution in [0.15, 0.2) is 84.0 Å². The summed E-state index contributed by atoms with van der Waals surface area (Å²) >= 11 is 0. The standard InChI is InChI=1S/C28H24N2O6/c1-33-23-11-7-6-10-21(23)27(31)30-29-17-22-20-9-5-4-8-18(20)12-14-24(22)36-28(32)19-13-15-25(34-2)26(16-19)35-3/h4-17H,1-3H3,(H,30,31)/b29-17-. The number of carbonyl (C=O) groups excluding carboxylic acids is 2. The highest BCUT2D eigenvalue weighted by Crippen LogP contribution is 2.30. The number of hydrazone groups is 1. The van der Waals surface area contributed by atoms with Crippen molar-refractivity contribution in [3.8, 4) is 23.0 Å². The zero-order chi connectivity index (χ0) is 25.5. The van der Waals surface area contributed by atoms with Crippen LogP contribution in [-0.4, -0.2) is 39.4 Å². The molecule has 0 aliphatic heterocycles. The van der Waals surface area contributed by atoms with Gasteiger partial charge in [-0.05, 0) is 47.2 Å². The first kappa shape index (κ1) is 24.3. The predicted molar refractivity (Wildman–Crippen MR) is 137 cm³/mol. The highest BCUT2D eigenvalue weighted by atomic mass is 16.5. The number of hydrogen-bond acceptors (Lipinski definition) is 7. The normalized spacial score (nSPS) is 10.8. The van der Waals surface area contributed by atoms with Crippen LogP contribution in [0.5, 0.6) is 23.0 Å². The third kappa shape index (κ3) is 5.12. The first-order chi connectivity index (χ1) is 17.5. The van der Waals surface area contributed by atoms with E-state index in [4.69, 9.17) is 18.9 Å². The van der Waals surface area contributed by atoms with Crippen molar-refractivity contribution >= 4 is 28.9 Å². The second-order valence-corrected chi connectivity index (χ2v) is 7.56. The molecule has 8 heteroatoms. The minimum Gasteiger partial charge on any atom is -0.496 e. The van der Waals surface area contributed by atoms with Gasteiger partial charge in [-0.3, -0.25) is 4.79 Å². The molecule has 0 aromatic heterocycles. The van der Waals surface area contributed by atoms with E-state index in [-0.39, 0.29) is 11.3 Å². The number of amides is 1. The SMILES string of the molecule is COc1ccc(C(=O)Oc2ccc3ccccc3c2/C=N\NC(=O)c2ccccc2OC)cc1OC. The van der Waals surface area contributed by atoms with Crippen LogP contribution in [0, 0.1) is 0 Å². The molecule has 0 aliphatic carbocycles. The number of nitrogens with zero attached hydrogens (tertiary/aromatic N) is 1. The fourth-order valence-electron chi connectivity index (χ4n) is 3.67. The molecule has 0 saturated carbocycles. The highest BCUT2D eigenvalue weighted by molar-refractivity contribution is 6.04. The summed E-state index contributed by atoms with van der Waals surface area (Å²) in [7, 11) is 4.50. The molecule has 4 rings (SSSR count). The lowest BCUT2D eigenvalue weighted by Gasteiger charge is -2.12. The fourth-order valence-corrected chi connectivity index (χ4v) is 3.67. The molecule has 0 radical (unpaired) electrons. The number of benzene rings is 4. The number of nitrogens with one attached hydrogen (secondary N) is 1. The summed E-state index contributed by atoms with van der Waals surface area (Å²) in [4.78, 5) is 25.6. The summed E-state index contributed by atoms with van der Waals surface area (Å²) in [6.07, 6.45) is 1.45. The van der Waals surface area contributed by atoms with E-state index in [2.05, 4.69) is 10.5 Å². The summed E-state index contributed by atoms with van der Waals surface area (Å²) in [6, 6.07) is 22.7. The van der Waals surface area contributed by atoms with Gasteiger partial charge in [-0.25, -0.2) is 10.2 Å². The molecular formula is C28H24N2O6. The average molecular weight is 485 g/mol. The maximum absolute atomic E-state index is 13.0. The Morgan fingerprint density at radius 2 is 1.44 bits per heavy atom. The van der Waals surface area contributed by atoms with Crippen LogP contribution >= 0.6 is 0 Å². The van der Waals surface area contributed by atoms with E-state index in [0.29, 0.717) is 28.4 Å². The summed E-state index contributed by atoms with van der Waals surface area (Å²) in [5, 5.41) is 5.84. The van der Waals surface area contributed by atoms with E-state index in [1.807, 2.05) is 30.3 Å². The quantitative estimate of drug-likeness (QED) is 0.166. The summed E-state index contributed by atoms with van der Waals surface area (Å²) in [5.74, 6) is 0.597. The molecule has 0 bridgehead atoms. The van der Waals surface area contributed by atoms with Gasteiger partial charge in [0.1, 0.15) is 11.5 Å². The summed E-state index contributed by atoms with van der Waals surface area (Å²) < 4.78 is 21.5. The van der Waals surface area contributed by atoms with Gasteiger partial charge < -0.3 is 18.9 Å². The molecule has 1 N–H and O–H groups in total. The van der Waals surface area contributed by atoms with Gasteiger partial charge in [0.2, 0.25) is 0 Å². The molecule has 4 aromatic carbocycles. The van der Waals surface area contributed by atoms with Crippen LogP contribution in [0.1, 0.15) is 26.3 Å². The third-order valence-corrected chi connectivity index (χ3v) is 5.46. The number of hydrogen-bond donors (Lipinski definition) is 1. The Kier molecular flexibility index (Phi) is 7.45. The van der Waals surface area contributed by atoms with Crippen molar-refractivity contribution < 1.29 is 28.5 Å². The number of fused-ring (bicyclic) bond motifs is 1. The largest absolute Gasteiger partial charge is 0.496 e. The van der Waals surface area contributed by atoms with E-state index < -0.39 is 11.9 Å². The van der Waals surface area contributed by atoms with Gasteiger partial charge in [0.15, 0.2) is 11.5 Å². The van der Waals surface area contributed by atoms with Crippen LogP contribution in [0.4, 0.5) is 0 Å². The minimum atomic E-state index is -0.584. The van der Waals surface area contributed by atoms with Crippen molar-refractivity contribution in [3.63, 3.8) is 0 Å². The number of ether oxygens (including phenoxy) is 4. The molecule has 8 nitrogen and oxygen atoms in total. The Hall–Kier alpha value is -4.85. The number of para-hydroxylation sites is 1. The molecular weight excluding hydrogens is 460 g/mol. The maximum atomic E-state index is 13.0. The predicted octanol–water partition coefficient (Wildman–Crippen LogP) is 4.85. The van der Waals surface area contributed by atoms with Gasteiger partial charge >= 0.3 is 5.97 Å². The smallest absolute Gasteiger partial charge is 0.343 e. The van der Waals surface area contributed by atoms with Crippen LogP contribution in [0.25, 0.3) is 10.8 Å². The van der Waals surface area contributed by atoms with Crippen LogP contribution < -0.4 is 24.4 Å². The zero-order valence-electron chi connectivity index (χ0n) is 20.0. The maximum Gasteiger partial charge on any atom is 0.343 e. The average Bonchev–Trinajstić information content (AvgIpc) is 2.93. The highest BCUT2D eigenvalue weighted by Gasteiger charge is 2.16. The Balaban J connectivity index is 1.63. The fraction of sp³-hybridized carbons (Fsp3) is 0.107. The molecule has 0 aliphatic rings. The minimum absolute atomic E-state index is 0.281. The van der Waals surface area contributed by atoms with E-state index in [1.165, 1.54) is 27.5 Å². The lowest BCUT2D eigenvalue weighted by molar-refractivity contribution is 0.0734. The van der Waals surface area contributed by atoms with Crippen molar-refractivity contribution in [3.05, 3.63) is 95.6 Å². The molecule has 0 atom stereocenters. The lowest BCUT2D eigenvalue weighted by atomic mass is 10.0. The van der Waals surface area contributed by atoms with Gasteiger partial charge in [0.25, 0.3) is 5.91 Å². The Morgan fingerprint density at radius 3 is 2.22 bits per heavy atom. The molecule has 36 heavy (non-hydrogen) atoms.